The van der Waals surface area contributed by atoms with Crippen LogP contribution in [0.4, 0.5) is 0 Å². The molecule has 0 saturated carbocycles. The first-order chi connectivity index (χ1) is 11.8. The first kappa shape index (κ1) is 20.9. The molecule has 1 heterocycles. The summed E-state index contributed by atoms with van der Waals surface area (Å²) in [6.45, 7) is 13.4. The van der Waals surface area contributed by atoms with Crippen LogP contribution < -0.4 is 0 Å². The summed E-state index contributed by atoms with van der Waals surface area (Å²) in [5.74, 6) is -0.623. The minimum atomic E-state index is -0.813. The summed E-state index contributed by atoms with van der Waals surface area (Å²) in [7, 11) is 0. The minimum absolute atomic E-state index is 0.173. The van der Waals surface area contributed by atoms with Crippen molar-refractivity contribution in [3.8, 4) is 0 Å². The standard InChI is InChI=1S/C20H28BrNO4/c1-12(25-19(2,3)4)16(18(24)26-20(5,6)7)22-11-13-10-14(21)8-9-15(13)17(22)23/h8-10,12,16H,11H2,1-7H3/t12-,16+/m1/s1. The van der Waals surface area contributed by atoms with Crippen molar-refractivity contribution in [3.63, 3.8) is 0 Å². The molecule has 144 valence electrons. The molecular formula is C20H28BrNO4. The predicted molar refractivity (Wildman–Crippen MR) is 104 cm³/mol. The van der Waals surface area contributed by atoms with Gasteiger partial charge in [-0.1, -0.05) is 15.9 Å². The molecule has 0 spiro atoms. The van der Waals surface area contributed by atoms with Crippen LogP contribution in [0.3, 0.4) is 0 Å². The van der Waals surface area contributed by atoms with Crippen molar-refractivity contribution in [3.05, 3.63) is 33.8 Å². The van der Waals surface area contributed by atoms with Gasteiger partial charge in [0.05, 0.1) is 11.7 Å². The zero-order chi connectivity index (χ0) is 19.9. The van der Waals surface area contributed by atoms with Crippen molar-refractivity contribution in [2.75, 3.05) is 0 Å². The quantitative estimate of drug-likeness (QED) is 0.673. The van der Waals surface area contributed by atoms with Gasteiger partial charge in [-0.15, -0.1) is 0 Å². The van der Waals surface area contributed by atoms with Gasteiger partial charge in [-0.2, -0.15) is 0 Å². The van der Waals surface area contributed by atoms with Gasteiger partial charge >= 0.3 is 5.97 Å². The molecule has 0 N–H and O–H groups in total. The Morgan fingerprint density at radius 1 is 1.15 bits per heavy atom. The molecule has 0 aromatic heterocycles. The van der Waals surface area contributed by atoms with Gasteiger partial charge in [0.1, 0.15) is 5.60 Å². The van der Waals surface area contributed by atoms with Crippen LogP contribution in [-0.4, -0.2) is 40.1 Å². The van der Waals surface area contributed by atoms with E-state index in [0.717, 1.165) is 10.0 Å². The molecule has 2 rings (SSSR count). The van der Waals surface area contributed by atoms with Crippen molar-refractivity contribution < 1.29 is 19.1 Å². The van der Waals surface area contributed by atoms with Gasteiger partial charge < -0.3 is 14.4 Å². The molecule has 0 saturated heterocycles. The second kappa shape index (κ2) is 7.31. The number of ether oxygens (including phenoxy) is 2. The highest BCUT2D eigenvalue weighted by molar-refractivity contribution is 9.10. The fourth-order valence-electron chi connectivity index (χ4n) is 3.09. The topological polar surface area (TPSA) is 55.8 Å². The van der Waals surface area contributed by atoms with E-state index in [1.165, 1.54) is 0 Å². The normalized spacial score (nSPS) is 17.1. The maximum Gasteiger partial charge on any atom is 0.332 e. The lowest BCUT2D eigenvalue weighted by atomic mass is 10.1. The third-order valence-corrected chi connectivity index (χ3v) is 4.36. The molecule has 1 amide bonds. The summed E-state index contributed by atoms with van der Waals surface area (Å²) in [5, 5.41) is 0. The van der Waals surface area contributed by atoms with E-state index in [9.17, 15) is 9.59 Å². The van der Waals surface area contributed by atoms with Gasteiger partial charge in [-0.25, -0.2) is 4.79 Å². The number of amides is 1. The second-order valence-electron chi connectivity index (χ2n) is 8.65. The fourth-order valence-corrected chi connectivity index (χ4v) is 3.50. The Balaban J connectivity index is 2.35. The Bertz CT molecular complexity index is 703. The first-order valence-electron chi connectivity index (χ1n) is 8.78. The van der Waals surface area contributed by atoms with Crippen LogP contribution in [0.25, 0.3) is 0 Å². The third-order valence-electron chi connectivity index (χ3n) is 3.87. The fraction of sp³-hybridized carbons (Fsp3) is 0.600. The Kier molecular flexibility index (Phi) is 5.88. The number of fused-ring (bicyclic) bond motifs is 1. The minimum Gasteiger partial charge on any atom is -0.458 e. The molecule has 5 nitrogen and oxygen atoms in total. The van der Waals surface area contributed by atoms with Crippen LogP contribution >= 0.6 is 15.9 Å². The lowest BCUT2D eigenvalue weighted by Crippen LogP contribution is -2.52. The number of nitrogens with zero attached hydrogens (tertiary/aromatic N) is 1. The highest BCUT2D eigenvalue weighted by Gasteiger charge is 2.43. The Hall–Kier alpha value is -1.40. The zero-order valence-corrected chi connectivity index (χ0v) is 18.1. The Morgan fingerprint density at radius 2 is 1.77 bits per heavy atom. The largest absolute Gasteiger partial charge is 0.458 e. The molecule has 0 fully saturated rings. The van der Waals surface area contributed by atoms with E-state index >= 15 is 0 Å². The highest BCUT2D eigenvalue weighted by Crippen LogP contribution is 2.30. The summed E-state index contributed by atoms with van der Waals surface area (Å²) in [4.78, 5) is 27.4. The average molecular weight is 426 g/mol. The number of hydrogen-bond donors (Lipinski definition) is 0. The molecule has 0 radical (unpaired) electrons. The Morgan fingerprint density at radius 3 is 2.31 bits per heavy atom. The zero-order valence-electron chi connectivity index (χ0n) is 16.6. The third kappa shape index (κ3) is 5.07. The molecule has 0 bridgehead atoms. The van der Waals surface area contributed by atoms with Gasteiger partial charge in [0.25, 0.3) is 5.91 Å². The number of esters is 1. The first-order valence-corrected chi connectivity index (χ1v) is 9.58. The number of hydrogen-bond acceptors (Lipinski definition) is 4. The number of carbonyl (C=O) groups excluding carboxylic acids is 2. The second-order valence-corrected chi connectivity index (χ2v) is 9.56. The summed E-state index contributed by atoms with van der Waals surface area (Å²) in [5.41, 5.74) is 0.416. The van der Waals surface area contributed by atoms with Crippen molar-refractivity contribution in [1.82, 2.24) is 4.90 Å². The number of carbonyl (C=O) groups is 2. The van der Waals surface area contributed by atoms with Crippen LogP contribution in [0.1, 0.15) is 64.4 Å². The molecule has 1 aromatic carbocycles. The molecule has 6 heteroatoms. The van der Waals surface area contributed by atoms with Gasteiger partial charge in [-0.05, 0) is 72.2 Å². The summed E-state index contributed by atoms with van der Waals surface area (Å²) in [6, 6.07) is 4.71. The van der Waals surface area contributed by atoms with Gasteiger partial charge in [0.15, 0.2) is 6.04 Å². The molecular weight excluding hydrogens is 398 g/mol. The summed E-state index contributed by atoms with van der Waals surface area (Å²) >= 11 is 3.43. The van der Waals surface area contributed by atoms with Crippen LogP contribution in [-0.2, 0) is 20.8 Å². The van der Waals surface area contributed by atoms with E-state index in [2.05, 4.69) is 15.9 Å². The summed E-state index contributed by atoms with van der Waals surface area (Å²) < 4.78 is 12.5. The molecule has 2 atom stereocenters. The molecule has 1 aliphatic heterocycles. The Labute approximate surface area is 164 Å². The van der Waals surface area contributed by atoms with E-state index in [1.807, 2.05) is 60.6 Å². The highest BCUT2D eigenvalue weighted by atomic mass is 79.9. The maximum atomic E-state index is 12.9. The summed E-state index contributed by atoms with van der Waals surface area (Å²) in [6.07, 6.45) is -0.508. The van der Waals surface area contributed by atoms with E-state index in [0.29, 0.717) is 12.1 Å². The van der Waals surface area contributed by atoms with Gasteiger partial charge in [-0.3, -0.25) is 4.79 Å². The van der Waals surface area contributed by atoms with Gasteiger partial charge in [0.2, 0.25) is 0 Å². The van der Waals surface area contributed by atoms with E-state index in [-0.39, 0.29) is 5.91 Å². The van der Waals surface area contributed by atoms with Crippen LogP contribution in [0.15, 0.2) is 22.7 Å². The molecule has 1 aliphatic rings. The van der Waals surface area contributed by atoms with Crippen molar-refractivity contribution in [2.45, 2.75) is 78.4 Å². The molecule has 26 heavy (non-hydrogen) atoms. The van der Waals surface area contributed by atoms with Crippen LogP contribution in [0.2, 0.25) is 0 Å². The van der Waals surface area contributed by atoms with E-state index in [4.69, 9.17) is 9.47 Å². The van der Waals surface area contributed by atoms with E-state index < -0.39 is 29.3 Å². The van der Waals surface area contributed by atoms with Gasteiger partial charge in [0, 0.05) is 16.6 Å². The lowest BCUT2D eigenvalue weighted by molar-refractivity contribution is -0.170. The molecule has 1 aromatic rings. The average Bonchev–Trinajstić information content (AvgIpc) is 2.71. The molecule has 0 unspecified atom stereocenters. The SMILES string of the molecule is C[C@@H](OC(C)(C)C)[C@@H](C(=O)OC(C)(C)C)N1Cc2cc(Br)ccc2C1=O. The number of rotatable bonds is 4. The number of halogens is 1. The lowest BCUT2D eigenvalue weighted by Gasteiger charge is -2.36. The van der Waals surface area contributed by atoms with Crippen LogP contribution in [0.5, 0.6) is 0 Å². The van der Waals surface area contributed by atoms with E-state index in [1.54, 1.807) is 11.0 Å². The predicted octanol–water partition coefficient (Wildman–Crippen LogP) is 4.32. The smallest absolute Gasteiger partial charge is 0.332 e. The van der Waals surface area contributed by atoms with Crippen molar-refractivity contribution in [1.29, 1.82) is 0 Å². The van der Waals surface area contributed by atoms with Crippen molar-refractivity contribution in [2.24, 2.45) is 0 Å². The monoisotopic (exact) mass is 425 g/mol. The maximum absolute atomic E-state index is 12.9. The number of benzene rings is 1. The van der Waals surface area contributed by atoms with Crippen LogP contribution in [0, 0.1) is 0 Å². The molecule has 0 aliphatic carbocycles. The van der Waals surface area contributed by atoms with Crippen molar-refractivity contribution >= 4 is 27.8 Å².